The Morgan fingerprint density at radius 2 is 1.05 bits per heavy atom. The molecule has 0 radical (unpaired) electrons. The molecule has 3 heterocycles. The number of halogens is 1. The molecule has 0 bridgehead atoms. The first kappa shape index (κ1) is 24.9. The van der Waals surface area contributed by atoms with Crippen LogP contribution in [0.15, 0.2) is 134 Å². The van der Waals surface area contributed by atoms with E-state index in [-0.39, 0.29) is 5.82 Å². The van der Waals surface area contributed by atoms with Gasteiger partial charge in [0.25, 0.3) is 0 Å². The van der Waals surface area contributed by atoms with E-state index in [0.717, 1.165) is 55.0 Å². The van der Waals surface area contributed by atoms with Crippen LogP contribution in [0.5, 0.6) is 0 Å². The second-order valence-corrected chi connectivity index (χ2v) is 10.3. The summed E-state index contributed by atoms with van der Waals surface area (Å²) in [5.74, 6) is 1.55. The van der Waals surface area contributed by atoms with Crippen molar-refractivity contribution in [2.24, 2.45) is 0 Å². The van der Waals surface area contributed by atoms with E-state index >= 15 is 0 Å². The minimum absolute atomic E-state index is 0.307. The monoisotopic (exact) mass is 555 g/mol. The van der Waals surface area contributed by atoms with Crippen molar-refractivity contribution in [2.75, 3.05) is 0 Å². The maximum atomic E-state index is 13.9. The van der Waals surface area contributed by atoms with Gasteiger partial charge in [-0.3, -0.25) is 4.98 Å². The average Bonchev–Trinajstić information content (AvgIpc) is 3.08. The van der Waals surface area contributed by atoms with E-state index in [2.05, 4.69) is 23.2 Å². The number of pyridine rings is 2. The number of benzene rings is 5. The van der Waals surface area contributed by atoms with Gasteiger partial charge in [-0.2, -0.15) is 0 Å². The molecule has 202 valence electrons. The molecule has 0 saturated carbocycles. The summed E-state index contributed by atoms with van der Waals surface area (Å²) >= 11 is 0. The van der Waals surface area contributed by atoms with Crippen LogP contribution in [-0.4, -0.2) is 24.9 Å². The van der Waals surface area contributed by atoms with E-state index < -0.39 is 0 Å². The summed E-state index contributed by atoms with van der Waals surface area (Å²) in [7, 11) is 0. The Bertz CT molecular complexity index is 2230. The Balaban J connectivity index is 1.26. The first-order valence-corrected chi connectivity index (χ1v) is 14.0. The third-order valence-corrected chi connectivity index (χ3v) is 7.58. The predicted molar refractivity (Wildman–Crippen MR) is 170 cm³/mol. The molecule has 0 fully saturated rings. The number of rotatable bonds is 4. The zero-order chi connectivity index (χ0) is 28.8. The highest BCUT2D eigenvalue weighted by molar-refractivity contribution is 6.12. The molecular weight excluding hydrogens is 533 g/mol. The van der Waals surface area contributed by atoms with Crippen molar-refractivity contribution in [3.63, 3.8) is 0 Å². The van der Waals surface area contributed by atoms with Crippen LogP contribution in [0.4, 0.5) is 4.39 Å². The summed E-state index contributed by atoms with van der Waals surface area (Å²) in [5, 5.41) is 2.80. The standard InChI is InChI=1S/C37H22FN5/c38-29-18-17-27-20-28-21-31(30-12-7-19-39-34(30)33(28)40-32(27)22-29)23-13-15-26(16-14-23)37-42-35(24-8-3-1-4-9-24)41-36(43-37)25-10-5-2-6-11-25/h1-22H. The first-order chi connectivity index (χ1) is 21.2. The fourth-order valence-corrected chi connectivity index (χ4v) is 5.48. The Kier molecular flexibility index (Phi) is 5.90. The normalized spacial score (nSPS) is 11.4. The summed E-state index contributed by atoms with van der Waals surface area (Å²) in [5.41, 5.74) is 6.96. The minimum atomic E-state index is -0.307. The maximum absolute atomic E-state index is 13.9. The Morgan fingerprint density at radius 1 is 0.442 bits per heavy atom. The number of hydrogen-bond acceptors (Lipinski definition) is 5. The van der Waals surface area contributed by atoms with Gasteiger partial charge in [0, 0.05) is 45.1 Å². The molecule has 8 aromatic rings. The third kappa shape index (κ3) is 4.55. The third-order valence-electron chi connectivity index (χ3n) is 7.58. The van der Waals surface area contributed by atoms with Gasteiger partial charge in [-0.05, 0) is 41.5 Å². The van der Waals surface area contributed by atoms with Crippen molar-refractivity contribution in [3.05, 3.63) is 139 Å². The van der Waals surface area contributed by atoms with E-state index in [0.29, 0.717) is 23.0 Å². The van der Waals surface area contributed by atoms with E-state index in [1.165, 1.54) is 12.1 Å². The minimum Gasteiger partial charge on any atom is -0.254 e. The van der Waals surface area contributed by atoms with Crippen LogP contribution in [0.3, 0.4) is 0 Å². The van der Waals surface area contributed by atoms with Gasteiger partial charge in [-0.1, -0.05) is 91.0 Å². The van der Waals surface area contributed by atoms with Crippen molar-refractivity contribution in [1.82, 2.24) is 24.9 Å². The summed E-state index contributed by atoms with van der Waals surface area (Å²) in [6.07, 6.45) is 1.77. The van der Waals surface area contributed by atoms with E-state index in [1.54, 1.807) is 12.3 Å². The molecule has 0 aliphatic rings. The summed E-state index contributed by atoms with van der Waals surface area (Å²) < 4.78 is 13.9. The van der Waals surface area contributed by atoms with Crippen LogP contribution in [0.25, 0.3) is 78.0 Å². The SMILES string of the molecule is Fc1ccc2cc3cc(-c4ccc(-c5nc(-c6ccccc6)nc(-c6ccccc6)n5)cc4)c4cccnc4c3nc2c1. The van der Waals surface area contributed by atoms with Gasteiger partial charge in [0.1, 0.15) is 5.82 Å². The second-order valence-electron chi connectivity index (χ2n) is 10.3. The molecule has 5 nitrogen and oxygen atoms in total. The van der Waals surface area contributed by atoms with Crippen molar-refractivity contribution in [3.8, 4) is 45.3 Å². The molecule has 0 unspecified atom stereocenters. The van der Waals surface area contributed by atoms with Crippen LogP contribution in [-0.2, 0) is 0 Å². The van der Waals surface area contributed by atoms with Crippen molar-refractivity contribution >= 4 is 32.7 Å². The lowest BCUT2D eigenvalue weighted by Gasteiger charge is -2.12. The van der Waals surface area contributed by atoms with Gasteiger partial charge in [-0.15, -0.1) is 0 Å². The summed E-state index contributed by atoms with van der Waals surface area (Å²) in [4.78, 5) is 24.0. The van der Waals surface area contributed by atoms with Crippen molar-refractivity contribution < 1.29 is 4.39 Å². The van der Waals surface area contributed by atoms with Gasteiger partial charge in [0.15, 0.2) is 17.5 Å². The highest BCUT2D eigenvalue weighted by Crippen LogP contribution is 2.35. The molecule has 0 saturated heterocycles. The van der Waals surface area contributed by atoms with Crippen molar-refractivity contribution in [2.45, 2.75) is 0 Å². The number of nitrogens with zero attached hydrogens (tertiary/aromatic N) is 5. The van der Waals surface area contributed by atoms with Gasteiger partial charge < -0.3 is 0 Å². The molecule has 43 heavy (non-hydrogen) atoms. The quantitative estimate of drug-likeness (QED) is 0.160. The highest BCUT2D eigenvalue weighted by atomic mass is 19.1. The van der Waals surface area contributed by atoms with Crippen LogP contribution in [0, 0.1) is 5.82 Å². The van der Waals surface area contributed by atoms with Crippen LogP contribution in [0.2, 0.25) is 0 Å². The van der Waals surface area contributed by atoms with Crippen LogP contribution < -0.4 is 0 Å². The molecule has 3 aromatic heterocycles. The molecular formula is C37H22FN5. The van der Waals surface area contributed by atoms with E-state index in [1.807, 2.05) is 91.0 Å². The Hall–Kier alpha value is -5.88. The zero-order valence-electron chi connectivity index (χ0n) is 22.8. The lowest BCUT2D eigenvalue weighted by molar-refractivity contribution is 0.629. The van der Waals surface area contributed by atoms with E-state index in [4.69, 9.17) is 19.9 Å². The molecule has 0 spiro atoms. The number of fused-ring (bicyclic) bond motifs is 4. The van der Waals surface area contributed by atoms with Crippen LogP contribution >= 0.6 is 0 Å². The lowest BCUT2D eigenvalue weighted by atomic mass is 9.96. The maximum Gasteiger partial charge on any atom is 0.164 e. The van der Waals surface area contributed by atoms with Gasteiger partial charge in [0.2, 0.25) is 0 Å². The summed E-state index contributed by atoms with van der Waals surface area (Å²) in [6.45, 7) is 0. The predicted octanol–water partition coefficient (Wildman–Crippen LogP) is 8.93. The topological polar surface area (TPSA) is 64.5 Å². The fraction of sp³-hybridized carbons (Fsp3) is 0. The first-order valence-electron chi connectivity index (χ1n) is 14.0. The van der Waals surface area contributed by atoms with E-state index in [9.17, 15) is 4.39 Å². The lowest BCUT2D eigenvalue weighted by Crippen LogP contribution is -2.00. The molecule has 5 aromatic carbocycles. The molecule has 0 aliphatic carbocycles. The summed E-state index contributed by atoms with van der Waals surface area (Å²) in [6, 6.07) is 41.0. The molecule has 8 rings (SSSR count). The van der Waals surface area contributed by atoms with Gasteiger partial charge >= 0.3 is 0 Å². The second kappa shape index (κ2) is 10.2. The zero-order valence-corrected chi connectivity index (χ0v) is 22.8. The molecule has 6 heteroatoms. The molecule has 0 aliphatic heterocycles. The molecule has 0 N–H and O–H groups in total. The molecule has 0 amide bonds. The Morgan fingerprint density at radius 3 is 1.70 bits per heavy atom. The molecule has 0 atom stereocenters. The fourth-order valence-electron chi connectivity index (χ4n) is 5.48. The van der Waals surface area contributed by atoms with Gasteiger partial charge in [0.05, 0.1) is 16.6 Å². The number of hydrogen-bond donors (Lipinski definition) is 0. The smallest absolute Gasteiger partial charge is 0.164 e. The highest BCUT2D eigenvalue weighted by Gasteiger charge is 2.15. The van der Waals surface area contributed by atoms with Gasteiger partial charge in [-0.25, -0.2) is 24.3 Å². The Labute approximate surface area is 246 Å². The largest absolute Gasteiger partial charge is 0.254 e. The van der Waals surface area contributed by atoms with Crippen molar-refractivity contribution in [1.29, 1.82) is 0 Å². The average molecular weight is 556 g/mol. The van der Waals surface area contributed by atoms with Crippen LogP contribution in [0.1, 0.15) is 0 Å². The number of aromatic nitrogens is 5.